The number of aliphatic hydroxyl groups excluding tert-OH is 1. The highest BCUT2D eigenvalue weighted by Gasteiger charge is 2.30. The number of ether oxygens (including phenoxy) is 1. The molecule has 2 N–H and O–H groups in total. The number of rotatable bonds is 9. The highest BCUT2D eigenvalue weighted by molar-refractivity contribution is 7.15. The SMILES string of the molecule is CCOC(=O)c1c(-c2ccc(F)cc2)csc1NC(=O)CN(CCO)C1CC1. The summed E-state index contributed by atoms with van der Waals surface area (Å²) >= 11 is 1.23. The molecule has 0 saturated heterocycles. The third-order valence-corrected chi connectivity index (χ3v) is 5.37. The average Bonchev–Trinajstić information content (AvgIpc) is 3.43. The Morgan fingerprint density at radius 3 is 2.64 bits per heavy atom. The number of amides is 1. The van der Waals surface area contributed by atoms with Crippen molar-refractivity contribution in [1.82, 2.24) is 4.90 Å². The molecule has 1 amide bonds. The Bertz CT molecular complexity index is 833. The quantitative estimate of drug-likeness (QED) is 0.626. The van der Waals surface area contributed by atoms with Crippen molar-refractivity contribution in [1.29, 1.82) is 0 Å². The van der Waals surface area contributed by atoms with Crippen LogP contribution in [0.5, 0.6) is 0 Å². The van der Waals surface area contributed by atoms with Crippen molar-refractivity contribution in [2.75, 3.05) is 31.6 Å². The number of carbonyl (C=O) groups excluding carboxylic acids is 2. The summed E-state index contributed by atoms with van der Waals surface area (Å²) in [7, 11) is 0. The van der Waals surface area contributed by atoms with Crippen LogP contribution >= 0.6 is 11.3 Å². The molecule has 1 fully saturated rings. The van der Waals surface area contributed by atoms with Gasteiger partial charge in [0.15, 0.2) is 0 Å². The number of carbonyl (C=O) groups is 2. The molecule has 8 heteroatoms. The Hall–Kier alpha value is -2.29. The van der Waals surface area contributed by atoms with Gasteiger partial charge in [-0.05, 0) is 37.5 Å². The normalized spacial score (nSPS) is 13.6. The molecule has 1 aliphatic rings. The molecule has 1 saturated carbocycles. The van der Waals surface area contributed by atoms with Crippen molar-refractivity contribution in [3.63, 3.8) is 0 Å². The van der Waals surface area contributed by atoms with E-state index in [2.05, 4.69) is 5.32 Å². The number of halogens is 1. The van der Waals surface area contributed by atoms with Gasteiger partial charge in [-0.15, -0.1) is 11.3 Å². The first kappa shape index (κ1) is 20.4. The summed E-state index contributed by atoms with van der Waals surface area (Å²) in [5.41, 5.74) is 1.53. The maximum absolute atomic E-state index is 13.2. The number of hydrogen-bond donors (Lipinski definition) is 2. The van der Waals surface area contributed by atoms with Crippen LogP contribution in [-0.2, 0) is 9.53 Å². The van der Waals surface area contributed by atoms with E-state index < -0.39 is 5.97 Å². The summed E-state index contributed by atoms with van der Waals surface area (Å²) in [4.78, 5) is 27.0. The van der Waals surface area contributed by atoms with Crippen LogP contribution in [0.1, 0.15) is 30.1 Å². The number of nitrogens with zero attached hydrogens (tertiary/aromatic N) is 1. The van der Waals surface area contributed by atoms with Crippen LogP contribution in [0, 0.1) is 5.82 Å². The Kier molecular flexibility index (Phi) is 6.77. The fraction of sp³-hybridized carbons (Fsp3) is 0.400. The van der Waals surface area contributed by atoms with Gasteiger partial charge in [-0.25, -0.2) is 9.18 Å². The van der Waals surface area contributed by atoms with E-state index in [-0.39, 0.29) is 37.0 Å². The van der Waals surface area contributed by atoms with E-state index in [9.17, 15) is 19.1 Å². The predicted octanol–water partition coefficient (Wildman–Crippen LogP) is 3.13. The minimum absolute atomic E-state index is 0.00836. The minimum Gasteiger partial charge on any atom is -0.462 e. The number of thiophene rings is 1. The lowest BCUT2D eigenvalue weighted by Crippen LogP contribution is -2.36. The number of benzene rings is 1. The van der Waals surface area contributed by atoms with E-state index in [4.69, 9.17) is 4.74 Å². The van der Waals surface area contributed by atoms with Gasteiger partial charge in [-0.3, -0.25) is 9.69 Å². The second-order valence-corrected chi connectivity index (χ2v) is 7.43. The van der Waals surface area contributed by atoms with E-state index >= 15 is 0 Å². The van der Waals surface area contributed by atoms with Crippen LogP contribution in [-0.4, -0.2) is 54.2 Å². The number of anilines is 1. The van der Waals surface area contributed by atoms with Crippen molar-refractivity contribution in [3.05, 3.63) is 41.0 Å². The summed E-state index contributed by atoms with van der Waals surface area (Å²) < 4.78 is 18.4. The van der Waals surface area contributed by atoms with Gasteiger partial charge in [0.2, 0.25) is 5.91 Å². The zero-order chi connectivity index (χ0) is 20.1. The van der Waals surface area contributed by atoms with Gasteiger partial charge >= 0.3 is 5.97 Å². The Labute approximate surface area is 166 Å². The number of nitrogens with one attached hydrogen (secondary N) is 1. The Morgan fingerprint density at radius 1 is 1.32 bits per heavy atom. The van der Waals surface area contributed by atoms with Crippen LogP contribution in [0.15, 0.2) is 29.6 Å². The van der Waals surface area contributed by atoms with Crippen LogP contribution in [0.25, 0.3) is 11.1 Å². The maximum atomic E-state index is 13.2. The van der Waals surface area contributed by atoms with Gasteiger partial charge in [-0.2, -0.15) is 0 Å². The van der Waals surface area contributed by atoms with Crippen molar-refractivity contribution < 1.29 is 23.8 Å². The molecule has 0 unspecified atom stereocenters. The topological polar surface area (TPSA) is 78.9 Å². The molecule has 0 bridgehead atoms. The molecule has 2 aromatic rings. The number of aliphatic hydroxyl groups is 1. The van der Waals surface area contributed by atoms with Crippen LogP contribution in [0.2, 0.25) is 0 Å². The molecule has 0 aliphatic heterocycles. The summed E-state index contributed by atoms with van der Waals surface area (Å²) in [6, 6.07) is 6.15. The molecule has 1 aromatic carbocycles. The minimum atomic E-state index is -0.534. The lowest BCUT2D eigenvalue weighted by Gasteiger charge is -2.20. The van der Waals surface area contributed by atoms with Gasteiger partial charge in [-0.1, -0.05) is 12.1 Å². The molecular weight excluding hydrogens is 383 g/mol. The van der Waals surface area contributed by atoms with Gasteiger partial charge in [0.05, 0.1) is 19.8 Å². The molecule has 3 rings (SSSR count). The van der Waals surface area contributed by atoms with Crippen molar-refractivity contribution >= 4 is 28.2 Å². The summed E-state index contributed by atoms with van der Waals surface area (Å²) in [5, 5.41) is 14.1. The fourth-order valence-corrected chi connectivity index (χ4v) is 3.98. The molecular formula is C20H23FN2O4S. The third kappa shape index (κ3) is 4.95. The zero-order valence-corrected chi connectivity index (χ0v) is 16.4. The smallest absolute Gasteiger partial charge is 0.341 e. The van der Waals surface area contributed by atoms with Crippen molar-refractivity contribution in [2.45, 2.75) is 25.8 Å². The second-order valence-electron chi connectivity index (χ2n) is 6.55. The number of esters is 1. The van der Waals surface area contributed by atoms with Crippen molar-refractivity contribution in [3.8, 4) is 11.1 Å². The summed E-state index contributed by atoms with van der Waals surface area (Å²) in [5.74, 6) is -1.15. The van der Waals surface area contributed by atoms with E-state index in [1.807, 2.05) is 4.90 Å². The van der Waals surface area contributed by atoms with Gasteiger partial charge in [0, 0.05) is 23.5 Å². The lowest BCUT2D eigenvalue weighted by atomic mass is 10.0. The van der Waals surface area contributed by atoms with E-state index in [1.165, 1.54) is 23.5 Å². The predicted molar refractivity (Wildman–Crippen MR) is 106 cm³/mol. The first-order valence-corrected chi connectivity index (χ1v) is 10.1. The third-order valence-electron chi connectivity index (χ3n) is 4.48. The molecule has 1 aliphatic carbocycles. The van der Waals surface area contributed by atoms with Crippen LogP contribution < -0.4 is 5.32 Å². The van der Waals surface area contributed by atoms with Gasteiger partial charge < -0.3 is 15.2 Å². The highest BCUT2D eigenvalue weighted by atomic mass is 32.1. The molecule has 28 heavy (non-hydrogen) atoms. The standard InChI is InChI=1S/C20H23FN2O4S/c1-2-27-20(26)18-16(13-3-5-14(21)6-4-13)12-28-19(18)22-17(25)11-23(9-10-24)15-7-8-15/h3-6,12,15,24H,2,7-11H2,1H3,(H,22,25). The maximum Gasteiger partial charge on any atom is 0.341 e. The molecule has 0 radical (unpaired) electrons. The fourth-order valence-electron chi connectivity index (χ4n) is 3.01. The van der Waals surface area contributed by atoms with Crippen LogP contribution in [0.3, 0.4) is 0 Å². The summed E-state index contributed by atoms with van der Waals surface area (Å²) in [6.45, 7) is 2.50. The first-order chi connectivity index (χ1) is 13.5. The zero-order valence-electron chi connectivity index (χ0n) is 15.6. The molecule has 6 nitrogen and oxygen atoms in total. The lowest BCUT2D eigenvalue weighted by molar-refractivity contribution is -0.117. The van der Waals surface area contributed by atoms with E-state index in [0.29, 0.717) is 28.7 Å². The van der Waals surface area contributed by atoms with Crippen molar-refractivity contribution in [2.24, 2.45) is 0 Å². The molecule has 0 spiro atoms. The first-order valence-electron chi connectivity index (χ1n) is 9.22. The molecule has 1 heterocycles. The van der Waals surface area contributed by atoms with Gasteiger partial charge in [0.25, 0.3) is 0 Å². The largest absolute Gasteiger partial charge is 0.462 e. The monoisotopic (exact) mass is 406 g/mol. The average molecular weight is 406 g/mol. The highest BCUT2D eigenvalue weighted by Crippen LogP contribution is 2.36. The van der Waals surface area contributed by atoms with Gasteiger partial charge in [0.1, 0.15) is 16.4 Å². The van der Waals surface area contributed by atoms with E-state index in [0.717, 1.165) is 12.8 Å². The van der Waals surface area contributed by atoms with Crippen LogP contribution in [0.4, 0.5) is 9.39 Å². The number of hydrogen-bond acceptors (Lipinski definition) is 6. The molecule has 150 valence electrons. The Balaban J connectivity index is 1.82. The van der Waals surface area contributed by atoms with E-state index in [1.54, 1.807) is 24.4 Å². The molecule has 1 aromatic heterocycles. The summed E-state index contributed by atoms with van der Waals surface area (Å²) in [6.07, 6.45) is 2.05. The Morgan fingerprint density at radius 2 is 2.04 bits per heavy atom. The second kappa shape index (κ2) is 9.27. The molecule has 0 atom stereocenters.